The lowest BCUT2D eigenvalue weighted by molar-refractivity contribution is -0.116. The third-order valence-corrected chi connectivity index (χ3v) is 3.65. The number of carbonyl (C=O) groups is 1. The lowest BCUT2D eigenvalue weighted by Gasteiger charge is -2.05. The van der Waals surface area contributed by atoms with Crippen LogP contribution in [0, 0.1) is 11.3 Å². The van der Waals surface area contributed by atoms with Gasteiger partial charge in [-0.2, -0.15) is 5.26 Å². The first-order valence-corrected chi connectivity index (χ1v) is 8.03. The standard InChI is InChI=1S/C18H22N4O/c1-2-3-4-8-11-17(23)21-18-16(12-19)22(14-20-18)13-15-9-6-5-7-10-15/h5-7,9-10,14H,2-4,8,11,13H2,1H3,(H,21,23). The van der Waals surface area contributed by atoms with E-state index in [1.807, 2.05) is 30.3 Å². The van der Waals surface area contributed by atoms with Gasteiger partial charge in [-0.1, -0.05) is 56.5 Å². The molecule has 23 heavy (non-hydrogen) atoms. The second-order valence-corrected chi connectivity index (χ2v) is 5.53. The molecular formula is C18H22N4O. The molecule has 0 fully saturated rings. The van der Waals surface area contributed by atoms with Crippen molar-refractivity contribution >= 4 is 11.7 Å². The molecule has 1 heterocycles. The second-order valence-electron chi connectivity index (χ2n) is 5.53. The van der Waals surface area contributed by atoms with Gasteiger partial charge in [-0.05, 0) is 12.0 Å². The van der Waals surface area contributed by atoms with Gasteiger partial charge >= 0.3 is 0 Å². The molecule has 0 atom stereocenters. The summed E-state index contributed by atoms with van der Waals surface area (Å²) >= 11 is 0. The van der Waals surface area contributed by atoms with Gasteiger partial charge in [-0.3, -0.25) is 4.79 Å². The maximum absolute atomic E-state index is 11.9. The molecule has 0 aliphatic carbocycles. The van der Waals surface area contributed by atoms with Crippen LogP contribution in [-0.4, -0.2) is 15.5 Å². The molecule has 0 saturated carbocycles. The van der Waals surface area contributed by atoms with Gasteiger partial charge in [0.05, 0.1) is 6.33 Å². The molecule has 1 aromatic heterocycles. The molecule has 1 N–H and O–H groups in total. The minimum atomic E-state index is -0.0810. The molecule has 1 amide bonds. The number of unbranched alkanes of at least 4 members (excludes halogenated alkanes) is 3. The van der Waals surface area contributed by atoms with E-state index in [0.29, 0.717) is 24.5 Å². The van der Waals surface area contributed by atoms with E-state index in [4.69, 9.17) is 0 Å². The van der Waals surface area contributed by atoms with Gasteiger partial charge in [-0.15, -0.1) is 0 Å². The van der Waals surface area contributed by atoms with E-state index in [-0.39, 0.29) is 5.91 Å². The van der Waals surface area contributed by atoms with E-state index in [1.54, 1.807) is 10.9 Å². The molecule has 2 aromatic rings. The normalized spacial score (nSPS) is 10.3. The van der Waals surface area contributed by atoms with Crippen LogP contribution in [0.25, 0.3) is 0 Å². The first kappa shape index (κ1) is 16.8. The number of hydrogen-bond acceptors (Lipinski definition) is 3. The summed E-state index contributed by atoms with van der Waals surface area (Å²) in [6.45, 7) is 2.70. The monoisotopic (exact) mass is 310 g/mol. The van der Waals surface area contributed by atoms with Crippen molar-refractivity contribution in [3.05, 3.63) is 47.9 Å². The van der Waals surface area contributed by atoms with Crippen LogP contribution in [0.5, 0.6) is 0 Å². The zero-order valence-electron chi connectivity index (χ0n) is 13.5. The predicted molar refractivity (Wildman–Crippen MR) is 89.9 cm³/mol. The predicted octanol–water partition coefficient (Wildman–Crippen LogP) is 3.71. The number of imidazole rings is 1. The fourth-order valence-electron chi connectivity index (χ4n) is 2.40. The Balaban J connectivity index is 1.98. The summed E-state index contributed by atoms with van der Waals surface area (Å²) in [4.78, 5) is 16.1. The number of nitriles is 1. The maximum atomic E-state index is 11.9. The van der Waals surface area contributed by atoms with E-state index >= 15 is 0 Å². The number of nitrogens with one attached hydrogen (secondary N) is 1. The third-order valence-electron chi connectivity index (χ3n) is 3.65. The van der Waals surface area contributed by atoms with Crippen LogP contribution in [0.2, 0.25) is 0 Å². The molecule has 0 saturated heterocycles. The molecule has 1 aromatic carbocycles. The van der Waals surface area contributed by atoms with Gasteiger partial charge in [0.15, 0.2) is 11.5 Å². The van der Waals surface area contributed by atoms with Gasteiger partial charge in [0, 0.05) is 13.0 Å². The number of benzene rings is 1. The Bertz CT molecular complexity index is 670. The lowest BCUT2D eigenvalue weighted by Crippen LogP contribution is -2.13. The summed E-state index contributed by atoms with van der Waals surface area (Å²) < 4.78 is 1.75. The molecule has 0 aliphatic rings. The van der Waals surface area contributed by atoms with Crippen molar-refractivity contribution in [2.45, 2.75) is 45.6 Å². The molecule has 0 bridgehead atoms. The molecule has 5 heteroatoms. The van der Waals surface area contributed by atoms with Gasteiger partial charge in [0.1, 0.15) is 6.07 Å². The van der Waals surface area contributed by atoms with Crippen LogP contribution in [0.1, 0.15) is 50.3 Å². The average Bonchev–Trinajstić information content (AvgIpc) is 2.94. The number of anilines is 1. The van der Waals surface area contributed by atoms with Gasteiger partial charge in [0.25, 0.3) is 0 Å². The Hall–Kier alpha value is -2.61. The maximum Gasteiger partial charge on any atom is 0.225 e. The van der Waals surface area contributed by atoms with Crippen LogP contribution >= 0.6 is 0 Å². The molecule has 120 valence electrons. The van der Waals surface area contributed by atoms with Crippen molar-refractivity contribution in [1.29, 1.82) is 5.26 Å². The van der Waals surface area contributed by atoms with Crippen molar-refractivity contribution < 1.29 is 4.79 Å². The Kier molecular flexibility index (Phi) is 6.37. The molecule has 2 rings (SSSR count). The van der Waals surface area contributed by atoms with Crippen LogP contribution in [0.4, 0.5) is 5.82 Å². The van der Waals surface area contributed by atoms with Crippen molar-refractivity contribution in [2.75, 3.05) is 5.32 Å². The van der Waals surface area contributed by atoms with Crippen LogP contribution in [0.15, 0.2) is 36.7 Å². The quantitative estimate of drug-likeness (QED) is 0.755. The van der Waals surface area contributed by atoms with Crippen molar-refractivity contribution in [3.63, 3.8) is 0 Å². The van der Waals surface area contributed by atoms with Gasteiger partial charge in [-0.25, -0.2) is 4.98 Å². The van der Waals surface area contributed by atoms with Crippen molar-refractivity contribution in [3.8, 4) is 6.07 Å². The Morgan fingerprint density at radius 2 is 2.04 bits per heavy atom. The molecular weight excluding hydrogens is 288 g/mol. The highest BCUT2D eigenvalue weighted by molar-refractivity contribution is 5.90. The summed E-state index contributed by atoms with van der Waals surface area (Å²) in [5.74, 6) is 0.270. The average molecular weight is 310 g/mol. The number of amides is 1. The fourth-order valence-corrected chi connectivity index (χ4v) is 2.40. The minimum absolute atomic E-state index is 0.0810. The topological polar surface area (TPSA) is 70.7 Å². The highest BCUT2D eigenvalue weighted by Gasteiger charge is 2.13. The SMILES string of the molecule is CCCCCCC(=O)Nc1ncn(Cc2ccccc2)c1C#N. The molecule has 0 spiro atoms. The van der Waals surface area contributed by atoms with Crippen LogP contribution in [-0.2, 0) is 11.3 Å². The Labute approximate surface area is 137 Å². The molecule has 5 nitrogen and oxygen atoms in total. The molecule has 0 radical (unpaired) electrons. The fraction of sp³-hybridized carbons (Fsp3) is 0.389. The first-order chi connectivity index (χ1) is 11.2. The zero-order chi connectivity index (χ0) is 16.5. The van der Waals surface area contributed by atoms with E-state index in [0.717, 1.165) is 31.2 Å². The summed E-state index contributed by atoms with van der Waals surface area (Å²) in [7, 11) is 0. The Morgan fingerprint density at radius 1 is 1.26 bits per heavy atom. The minimum Gasteiger partial charge on any atom is -0.316 e. The number of hydrogen-bond donors (Lipinski definition) is 1. The number of nitrogens with zero attached hydrogens (tertiary/aromatic N) is 3. The lowest BCUT2D eigenvalue weighted by atomic mass is 10.1. The van der Waals surface area contributed by atoms with Crippen molar-refractivity contribution in [2.24, 2.45) is 0 Å². The van der Waals surface area contributed by atoms with Crippen molar-refractivity contribution in [1.82, 2.24) is 9.55 Å². The highest BCUT2D eigenvalue weighted by Crippen LogP contribution is 2.15. The molecule has 0 aliphatic heterocycles. The van der Waals surface area contributed by atoms with Crippen LogP contribution in [0.3, 0.4) is 0 Å². The summed E-state index contributed by atoms with van der Waals surface area (Å²) in [5.41, 5.74) is 1.47. The zero-order valence-corrected chi connectivity index (χ0v) is 13.5. The number of aromatic nitrogens is 2. The largest absolute Gasteiger partial charge is 0.316 e. The second kappa shape index (κ2) is 8.74. The summed E-state index contributed by atoms with van der Waals surface area (Å²) in [6.07, 6.45) is 6.27. The number of carbonyl (C=O) groups excluding carboxylic acids is 1. The van der Waals surface area contributed by atoms with Gasteiger partial charge < -0.3 is 9.88 Å². The summed E-state index contributed by atoms with van der Waals surface area (Å²) in [5, 5.41) is 12.1. The number of rotatable bonds is 8. The van der Waals surface area contributed by atoms with Gasteiger partial charge in [0.2, 0.25) is 5.91 Å². The smallest absolute Gasteiger partial charge is 0.225 e. The van der Waals surface area contributed by atoms with E-state index in [1.165, 1.54) is 0 Å². The van der Waals surface area contributed by atoms with E-state index in [2.05, 4.69) is 23.3 Å². The molecule has 0 unspecified atom stereocenters. The van der Waals surface area contributed by atoms with E-state index in [9.17, 15) is 10.1 Å². The first-order valence-electron chi connectivity index (χ1n) is 8.03. The Morgan fingerprint density at radius 3 is 2.74 bits per heavy atom. The third kappa shape index (κ3) is 4.96. The summed E-state index contributed by atoms with van der Waals surface area (Å²) in [6, 6.07) is 12.0. The van der Waals surface area contributed by atoms with Crippen LogP contribution < -0.4 is 5.32 Å². The van der Waals surface area contributed by atoms with E-state index < -0.39 is 0 Å². The highest BCUT2D eigenvalue weighted by atomic mass is 16.1.